The van der Waals surface area contributed by atoms with E-state index in [1.807, 2.05) is 53.4 Å². The highest BCUT2D eigenvalue weighted by Crippen LogP contribution is 2.53. The number of alkyl carbamates (subject to hydrolysis) is 1. The van der Waals surface area contributed by atoms with Gasteiger partial charge < -0.3 is 142 Å². The molecule has 14 rings (SSSR count). The first-order chi connectivity index (χ1) is 70.4. The summed E-state index contributed by atoms with van der Waals surface area (Å²) in [5.41, 5.74) is 5.23. The number of pyridine rings is 2. The fraction of sp³-hybridized carbons (Fsp3) is 0.574. The maximum Gasteiger partial charge on any atom is 0.407 e. The van der Waals surface area contributed by atoms with E-state index in [4.69, 9.17) is 80.8 Å². The van der Waals surface area contributed by atoms with E-state index >= 15 is 4.39 Å². The molecule has 8 heterocycles. The number of methoxy groups -OCH3 is 1. The predicted molar refractivity (Wildman–Crippen MR) is 513 cm³/mol. The molecule has 0 unspecified atom stereocenters. The molecule has 7 amide bonds. The molecular formula is C101H131FN12O31. The van der Waals surface area contributed by atoms with Crippen LogP contribution in [0.2, 0.25) is 0 Å². The minimum atomic E-state index is -2.13. The van der Waals surface area contributed by atoms with E-state index in [-0.39, 0.29) is 154 Å². The number of H-pyrrole nitrogens is 1. The largest absolute Gasteiger partial charge is 0.479 e. The summed E-state index contributed by atoms with van der Waals surface area (Å²) in [6.45, 7) is 11.5. The van der Waals surface area contributed by atoms with Gasteiger partial charge in [-0.05, 0) is 122 Å². The van der Waals surface area contributed by atoms with Gasteiger partial charge >= 0.3 is 18.0 Å². The number of piperidine rings is 1. The van der Waals surface area contributed by atoms with Crippen molar-refractivity contribution in [2.75, 3.05) is 190 Å². The van der Waals surface area contributed by atoms with E-state index in [1.165, 1.54) is 34.9 Å². The number of fused-ring (bicyclic) bond motifs is 10. The number of carbonyl (C=O) groups is 9. The van der Waals surface area contributed by atoms with E-state index in [0.717, 1.165) is 22.4 Å². The molecule has 8 atom stereocenters. The zero-order chi connectivity index (χ0) is 102. The SMILES string of the molecule is CC[C@@]1(O)C(=O)OCc2c1cc1n(c2=O)Cc2c-1nc1cc(F)c(C)c3c1c2[C@@H](NC(=O)OCc1ccc(O[C@@H]2O[C@H](C(=O)O)[C@@H](O)[C@H](O)[C@H]2O)c(CNC(=O)CCNC(=O)[C@H](CNC(=O)CCOCCOCCOCCOCCOCCOCCOCCOCCOCCOCCOCCOC)NC(=O)C2CC4(CCN(C(=O)CCCCC(=O)N5Cc6ccccc6-c6n[nH]nc6-c6ccccc65)CC4)C2)c1)CC3. The third kappa shape index (κ3) is 28.5. The van der Waals surface area contributed by atoms with Gasteiger partial charge in [-0.2, -0.15) is 15.4 Å². The van der Waals surface area contributed by atoms with Crippen LogP contribution in [0.1, 0.15) is 140 Å². The second kappa shape index (κ2) is 53.7. The number of likely N-dealkylation sites (tertiary alicyclic amines) is 1. The number of cyclic esters (lactones) is 1. The van der Waals surface area contributed by atoms with Crippen LogP contribution < -0.4 is 41.8 Å². The van der Waals surface area contributed by atoms with Crippen molar-refractivity contribution in [2.45, 2.75) is 179 Å². The summed E-state index contributed by atoms with van der Waals surface area (Å²) in [5.74, 6) is -6.21. The van der Waals surface area contributed by atoms with Crippen LogP contribution in [-0.2, 0) is 154 Å². The highest BCUT2D eigenvalue weighted by molar-refractivity contribution is 6.00. The van der Waals surface area contributed by atoms with Gasteiger partial charge in [-0.15, -0.1) is 0 Å². The first kappa shape index (κ1) is 109. The Balaban J connectivity index is 0.532. The number of aryl methyl sites for hydroxylation is 1. The smallest absolute Gasteiger partial charge is 0.407 e. The average Bonchev–Trinajstić information content (AvgIpc) is 1.56. The normalized spacial score (nSPS) is 19.2. The number of amides is 7. The molecule has 0 radical (unpaired) electrons. The molecule has 4 aromatic carbocycles. The lowest BCUT2D eigenvalue weighted by Crippen LogP contribution is -2.61. The van der Waals surface area contributed by atoms with E-state index in [0.29, 0.717) is 235 Å². The Kier molecular flexibility index (Phi) is 40.4. The monoisotopic (exact) mass is 2030 g/mol. The van der Waals surface area contributed by atoms with Gasteiger partial charge in [0, 0.05) is 111 Å². The number of carboxylic acid groups (broad SMARTS) is 1. The molecule has 11 N–H and O–H groups in total. The molecule has 1 spiro atoms. The van der Waals surface area contributed by atoms with Crippen LogP contribution >= 0.6 is 0 Å². The topological polar surface area (TPSA) is 546 Å². The number of hydrogen-bond donors (Lipinski definition) is 11. The van der Waals surface area contributed by atoms with Gasteiger partial charge in [0.15, 0.2) is 11.7 Å². The molecule has 3 aromatic heterocycles. The number of aromatic nitrogens is 5. The molecule has 7 aromatic rings. The number of aliphatic hydroxyl groups is 4. The molecule has 3 fully saturated rings. The second-order valence-corrected chi connectivity index (χ2v) is 36.4. The quantitative estimate of drug-likeness (QED) is 0.0188. The Morgan fingerprint density at radius 3 is 1.82 bits per heavy atom. The van der Waals surface area contributed by atoms with Crippen LogP contribution in [0.4, 0.5) is 14.9 Å². The molecule has 44 heteroatoms. The summed E-state index contributed by atoms with van der Waals surface area (Å²) in [4.78, 5) is 146. The highest BCUT2D eigenvalue weighted by Gasteiger charge is 2.52. The molecule has 43 nitrogen and oxygen atoms in total. The average molecular weight is 2030 g/mol. The van der Waals surface area contributed by atoms with E-state index in [2.05, 4.69) is 42.0 Å². The number of aliphatic carboxylic acids is 1. The lowest BCUT2D eigenvalue weighted by atomic mass is 9.57. The number of anilines is 1. The number of esters is 1. The Morgan fingerprint density at radius 2 is 1.21 bits per heavy atom. The summed E-state index contributed by atoms with van der Waals surface area (Å²) in [6, 6.07) is 20.3. The van der Waals surface area contributed by atoms with Crippen molar-refractivity contribution < 1.29 is 149 Å². The molecule has 145 heavy (non-hydrogen) atoms. The van der Waals surface area contributed by atoms with Crippen molar-refractivity contribution in [2.24, 2.45) is 11.3 Å². The molecule has 2 saturated heterocycles. The van der Waals surface area contributed by atoms with Crippen molar-refractivity contribution in [1.82, 2.24) is 56.4 Å². The molecule has 1 saturated carbocycles. The summed E-state index contributed by atoms with van der Waals surface area (Å²) in [5, 5.41) is 80.0. The first-order valence-electron chi connectivity index (χ1n) is 49.4. The maximum absolute atomic E-state index is 15.8. The number of para-hydroxylation sites is 1. The zero-order valence-corrected chi connectivity index (χ0v) is 81.9. The van der Waals surface area contributed by atoms with Gasteiger partial charge in [0.05, 0.1) is 199 Å². The lowest BCUT2D eigenvalue weighted by Gasteiger charge is -2.51. The minimum absolute atomic E-state index is 0.0136. The fourth-order valence-corrected chi connectivity index (χ4v) is 18.9. The number of nitrogens with one attached hydrogen (secondary N) is 6. The number of unbranched alkanes of at least 4 members (excludes halogenated alkanes) is 1. The predicted octanol–water partition coefficient (Wildman–Crippen LogP) is 4.23. The Labute approximate surface area is 836 Å². The third-order valence-corrected chi connectivity index (χ3v) is 26.9. The van der Waals surface area contributed by atoms with Gasteiger partial charge in [0.25, 0.3) is 5.56 Å². The van der Waals surface area contributed by atoms with Gasteiger partial charge in [-0.1, -0.05) is 55.5 Å². The highest BCUT2D eigenvalue weighted by atomic mass is 19.1. The maximum atomic E-state index is 15.8. The van der Waals surface area contributed by atoms with Crippen molar-refractivity contribution >= 4 is 70.1 Å². The summed E-state index contributed by atoms with van der Waals surface area (Å²) >= 11 is 0. The summed E-state index contributed by atoms with van der Waals surface area (Å²) < 4.78 is 106. The van der Waals surface area contributed by atoms with Crippen molar-refractivity contribution in [3.05, 3.63) is 145 Å². The zero-order valence-electron chi connectivity index (χ0n) is 81.9. The van der Waals surface area contributed by atoms with Gasteiger partial charge in [-0.25, -0.2) is 23.8 Å². The number of rotatable bonds is 58. The van der Waals surface area contributed by atoms with E-state index < -0.39 is 114 Å². The van der Waals surface area contributed by atoms with Crippen LogP contribution in [0.5, 0.6) is 5.75 Å². The third-order valence-electron chi connectivity index (χ3n) is 26.9. The molecule has 5 aliphatic heterocycles. The van der Waals surface area contributed by atoms with E-state index in [9.17, 15) is 73.5 Å². The number of carbonyl (C=O) groups excluding carboxylic acids is 8. The van der Waals surface area contributed by atoms with Gasteiger partial charge in [0.2, 0.25) is 41.7 Å². The summed E-state index contributed by atoms with van der Waals surface area (Å²) in [7, 11) is 1.62. The van der Waals surface area contributed by atoms with Crippen molar-refractivity contribution in [3.8, 4) is 39.7 Å². The van der Waals surface area contributed by atoms with Crippen molar-refractivity contribution in [1.29, 1.82) is 0 Å². The Hall–Kier alpha value is -11.5. The number of halogens is 1. The first-order valence-corrected chi connectivity index (χ1v) is 49.4. The number of nitrogens with zero attached hydrogens (tertiary/aromatic N) is 6. The van der Waals surface area contributed by atoms with Crippen LogP contribution in [0.3, 0.4) is 0 Å². The number of ether oxygens (including phenoxy) is 16. The lowest BCUT2D eigenvalue weighted by molar-refractivity contribution is -0.271. The summed E-state index contributed by atoms with van der Waals surface area (Å²) in [6.07, 6.45) is -7.36. The second-order valence-electron chi connectivity index (χ2n) is 36.4. The standard InChI is InChI=1S/C101H131FN12O31/c1-4-101(129)72-52-78-86-70(59-114(78)95(124)71(72)61-142-98(101)127)85-74(19-18-67-62(2)73(102)53-75(106-86)84(67)85)108-99(128)143-60-63-17-20-79(144-97-91(121)89(119)90(120)92(145-97)96(125)126)65(51-63)56-104-80(115)21-25-103-94(123)76(57-105-81(116)22-28-131-31-32-133-35-36-135-39-40-137-43-44-139-47-48-141-50-49-140-46-45-138-42-41-136-38-37-134-34-33-132-30-29-130-3)107-93(122)66-54-100(55-66)23-26-112(27-24-100)82(117)15-9-10-16-83(118)113-58-64-11-5-6-12-68(64)87-88(110-111-109-87)69-13-7-8-14-77(69)113/h5-8,11-14,17,20,51-53,66,74,76,89-92,97,119-121,129H,4,9-10,15-16,18-19,21-50,54-61H2,1-3H3,(H,103,123)(H,104,115)(H,105,116)(H,107,122)(H,108,128)(H,125,126)(H,109,110,111)/t74-,76-,89-,90-,91+,92-,97+,101-/m0/s1. The number of carboxylic acids is 1. The van der Waals surface area contributed by atoms with Crippen LogP contribution in [0.25, 0.3) is 44.8 Å². The number of benzene rings is 4. The molecule has 7 aliphatic rings. The van der Waals surface area contributed by atoms with E-state index in [1.54, 1.807) is 25.9 Å². The van der Waals surface area contributed by atoms with Crippen LogP contribution in [0.15, 0.2) is 83.7 Å². The molecule has 0 bridgehead atoms. The molecule has 2 aliphatic carbocycles. The van der Waals surface area contributed by atoms with Crippen molar-refractivity contribution in [3.63, 3.8) is 0 Å². The van der Waals surface area contributed by atoms with Crippen LogP contribution in [-0.4, -0.2) is 331 Å². The van der Waals surface area contributed by atoms with Gasteiger partial charge in [0.1, 0.15) is 60.5 Å². The fourth-order valence-electron chi connectivity index (χ4n) is 18.9. The number of aliphatic hydroxyl groups excluding tert-OH is 3. The Bertz CT molecular complexity index is 5660. The minimum Gasteiger partial charge on any atom is -0.479 e. The van der Waals surface area contributed by atoms with Crippen LogP contribution in [0, 0.1) is 24.1 Å². The number of aromatic amines is 1. The molecular weight excluding hydrogens is 1900 g/mol. The number of hydrogen-bond acceptors (Lipinski definition) is 33. The van der Waals surface area contributed by atoms with Gasteiger partial charge in [-0.3, -0.25) is 33.6 Å². The Morgan fingerprint density at radius 1 is 0.628 bits per heavy atom. The molecule has 788 valence electrons.